The predicted molar refractivity (Wildman–Crippen MR) is 200 cm³/mol. The van der Waals surface area contributed by atoms with Gasteiger partial charge in [-0.25, -0.2) is 29.3 Å². The zero-order valence-electron chi connectivity index (χ0n) is 28.9. The maximum absolute atomic E-state index is 14.5. The van der Waals surface area contributed by atoms with E-state index in [1.807, 2.05) is 39.0 Å². The quantitative estimate of drug-likeness (QED) is 0.128. The second-order valence-electron chi connectivity index (χ2n) is 13.8. The average molecular weight is 813 g/mol. The second-order valence-corrected chi connectivity index (χ2v) is 15.1. The standard InChI is InChI=1S/C25H20F2N4O2.C14H9BrClN3O2/c1-24(2,3)8-6-15-11-17-20(12-30-15)33-19-5-4-14(21-18(26)7-9-29-22(21)27)10-16(19)25(17)13-32-23(28)31-25;15-7-1-2-10-8(3-7)14(6-20-13(17)19-14)9-4-12(16)18-5-11(9)21-10/h4-5,7,9-12H,13H2,1-3H3,(H2,28,31);1-5H,6H2,(H2,17,19)/t25-;14-/m00/s1. The number of pyridine rings is 3. The lowest BCUT2D eigenvalue weighted by Crippen LogP contribution is -2.31. The van der Waals surface area contributed by atoms with Crippen molar-refractivity contribution in [2.24, 2.45) is 26.9 Å². The molecular weight excluding hydrogens is 784 g/mol. The summed E-state index contributed by atoms with van der Waals surface area (Å²) < 4.78 is 52.8. The Labute approximate surface area is 321 Å². The van der Waals surface area contributed by atoms with Crippen molar-refractivity contribution in [3.05, 3.63) is 123 Å². The van der Waals surface area contributed by atoms with E-state index in [2.05, 4.69) is 52.7 Å². The van der Waals surface area contributed by atoms with Crippen LogP contribution in [0, 0.1) is 29.0 Å². The van der Waals surface area contributed by atoms with Gasteiger partial charge in [0, 0.05) is 38.3 Å². The van der Waals surface area contributed by atoms with E-state index in [4.69, 9.17) is 42.0 Å². The Bertz CT molecular complexity index is 2440. The van der Waals surface area contributed by atoms with Crippen molar-refractivity contribution in [2.45, 2.75) is 31.8 Å². The molecule has 0 fully saturated rings. The fraction of sp³-hybridized carbons (Fsp3) is 0.205. The Kier molecular flexibility index (Phi) is 8.46. The summed E-state index contributed by atoms with van der Waals surface area (Å²) in [5, 5.41) is 0.371. The summed E-state index contributed by atoms with van der Waals surface area (Å²) in [6.45, 7) is 6.42. The van der Waals surface area contributed by atoms with E-state index < -0.39 is 22.8 Å². The fourth-order valence-electron chi connectivity index (χ4n) is 6.61. The molecule has 0 bridgehead atoms. The number of ether oxygens (including phenoxy) is 4. The smallest absolute Gasteiger partial charge is 0.283 e. The molecule has 0 amide bonds. The van der Waals surface area contributed by atoms with Gasteiger partial charge in [-0.3, -0.25) is 0 Å². The number of aliphatic imine (C=N–C) groups is 2. The molecule has 272 valence electrons. The van der Waals surface area contributed by atoms with Crippen molar-refractivity contribution >= 4 is 39.6 Å². The molecule has 0 saturated carbocycles. The highest BCUT2D eigenvalue weighted by Gasteiger charge is 2.48. The number of rotatable bonds is 1. The molecule has 0 unspecified atom stereocenters. The molecule has 4 aliphatic rings. The molecule has 2 atom stereocenters. The lowest BCUT2D eigenvalue weighted by atomic mass is 9.80. The molecule has 11 nitrogen and oxygen atoms in total. The van der Waals surface area contributed by atoms with Gasteiger partial charge in [-0.15, -0.1) is 0 Å². The van der Waals surface area contributed by atoms with Crippen LogP contribution in [0.2, 0.25) is 5.15 Å². The SMILES string of the molecule is CC(C)(C)C#Cc1cc2c(cn1)Oc1ccc(-c3c(F)ccnc3F)cc1[C@@]21COC(N)=N1.NC1=N[C@@]2(CO1)c1cc(Br)ccc1Oc1cnc(Cl)cc12. The maximum Gasteiger partial charge on any atom is 0.283 e. The first-order chi connectivity index (χ1) is 25.7. The number of hydrogen-bond acceptors (Lipinski definition) is 11. The summed E-state index contributed by atoms with van der Waals surface area (Å²) in [6, 6.07) is 15.4. The van der Waals surface area contributed by atoms with Crippen molar-refractivity contribution in [1.29, 1.82) is 0 Å². The van der Waals surface area contributed by atoms with E-state index in [-0.39, 0.29) is 29.6 Å². The molecule has 4 N–H and O–H groups in total. The number of benzene rings is 2. The summed E-state index contributed by atoms with van der Waals surface area (Å²) in [5.41, 5.74) is 13.2. The first-order valence-corrected chi connectivity index (χ1v) is 17.7. The van der Waals surface area contributed by atoms with E-state index >= 15 is 0 Å². The van der Waals surface area contributed by atoms with Crippen LogP contribution in [0.4, 0.5) is 8.78 Å². The molecule has 2 aromatic carbocycles. The van der Waals surface area contributed by atoms with Crippen LogP contribution in [0.15, 0.2) is 87.6 Å². The van der Waals surface area contributed by atoms with Crippen LogP contribution < -0.4 is 20.9 Å². The van der Waals surface area contributed by atoms with Crippen molar-refractivity contribution in [3.63, 3.8) is 0 Å². The van der Waals surface area contributed by atoms with Crippen molar-refractivity contribution in [1.82, 2.24) is 15.0 Å². The minimum atomic E-state index is -1.07. The molecule has 54 heavy (non-hydrogen) atoms. The number of nitrogens with two attached hydrogens (primary N) is 2. The van der Waals surface area contributed by atoms with Crippen molar-refractivity contribution in [2.75, 3.05) is 13.2 Å². The van der Waals surface area contributed by atoms with Gasteiger partial charge in [-0.2, -0.15) is 4.39 Å². The maximum atomic E-state index is 14.5. The van der Waals surface area contributed by atoms with Crippen LogP contribution >= 0.6 is 27.5 Å². The highest BCUT2D eigenvalue weighted by molar-refractivity contribution is 9.10. The summed E-state index contributed by atoms with van der Waals surface area (Å²) in [7, 11) is 0. The molecule has 15 heteroatoms. The molecule has 9 rings (SSSR count). The Balaban J connectivity index is 0.000000169. The zero-order valence-corrected chi connectivity index (χ0v) is 31.2. The van der Waals surface area contributed by atoms with Gasteiger partial charge in [-0.05, 0) is 80.8 Å². The third-order valence-corrected chi connectivity index (χ3v) is 9.71. The summed E-state index contributed by atoms with van der Waals surface area (Å²) >= 11 is 9.51. The molecule has 0 saturated heterocycles. The van der Waals surface area contributed by atoms with Crippen LogP contribution in [0.3, 0.4) is 0 Å². The van der Waals surface area contributed by atoms with Gasteiger partial charge in [0.2, 0.25) is 5.95 Å². The first-order valence-electron chi connectivity index (χ1n) is 16.5. The van der Waals surface area contributed by atoms with Gasteiger partial charge >= 0.3 is 0 Å². The molecule has 3 aromatic heterocycles. The molecule has 0 radical (unpaired) electrons. The van der Waals surface area contributed by atoms with Gasteiger partial charge in [0.25, 0.3) is 12.0 Å². The Morgan fingerprint density at radius 1 is 0.759 bits per heavy atom. The summed E-state index contributed by atoms with van der Waals surface area (Å²) in [4.78, 5) is 21.2. The molecule has 0 aliphatic carbocycles. The monoisotopic (exact) mass is 811 g/mol. The largest absolute Gasteiger partial charge is 0.462 e. The predicted octanol–water partition coefficient (Wildman–Crippen LogP) is 7.71. The third kappa shape index (κ3) is 6.13. The van der Waals surface area contributed by atoms with E-state index in [0.29, 0.717) is 57.1 Å². The Morgan fingerprint density at radius 2 is 1.35 bits per heavy atom. The molecule has 2 spiro atoms. The number of fused-ring (bicyclic) bond motifs is 8. The van der Waals surface area contributed by atoms with E-state index in [0.717, 1.165) is 27.9 Å². The van der Waals surface area contributed by atoms with E-state index in [9.17, 15) is 8.78 Å². The van der Waals surface area contributed by atoms with Gasteiger partial charge in [0.05, 0.1) is 18.0 Å². The summed E-state index contributed by atoms with van der Waals surface area (Å²) in [6.07, 6.45) is 4.26. The van der Waals surface area contributed by atoms with Crippen LogP contribution in [0.25, 0.3) is 11.1 Å². The normalized spacial score (nSPS) is 19.8. The highest BCUT2D eigenvalue weighted by Crippen LogP contribution is 2.53. The van der Waals surface area contributed by atoms with Gasteiger partial charge in [0.15, 0.2) is 22.6 Å². The fourth-order valence-corrected chi connectivity index (χ4v) is 7.13. The van der Waals surface area contributed by atoms with E-state index in [1.54, 1.807) is 42.7 Å². The molecule has 7 heterocycles. The summed E-state index contributed by atoms with van der Waals surface area (Å²) in [5.74, 6) is 6.88. The Hall–Kier alpha value is -5.78. The van der Waals surface area contributed by atoms with Crippen LogP contribution in [-0.2, 0) is 20.6 Å². The number of amidine groups is 2. The highest BCUT2D eigenvalue weighted by atomic mass is 79.9. The topological polar surface area (TPSA) is 152 Å². The number of hydrogen-bond donors (Lipinski definition) is 2. The number of aromatic nitrogens is 3. The van der Waals surface area contributed by atoms with Crippen LogP contribution in [0.5, 0.6) is 23.0 Å². The van der Waals surface area contributed by atoms with Crippen molar-refractivity contribution < 1.29 is 27.7 Å². The second kappa shape index (κ2) is 13.0. The van der Waals surface area contributed by atoms with Crippen LogP contribution in [-0.4, -0.2) is 40.2 Å². The minimum Gasteiger partial charge on any atom is -0.462 e. The number of halogens is 4. The molecular formula is C39H29BrClF2N7O4. The van der Waals surface area contributed by atoms with Crippen molar-refractivity contribution in [3.8, 4) is 46.0 Å². The molecule has 5 aromatic rings. The zero-order chi connectivity index (χ0) is 38.0. The minimum absolute atomic E-state index is 0.0112. The molecule has 4 aliphatic heterocycles. The third-order valence-electron chi connectivity index (χ3n) is 9.01. The van der Waals surface area contributed by atoms with Gasteiger partial charge < -0.3 is 30.4 Å². The van der Waals surface area contributed by atoms with Gasteiger partial charge in [-0.1, -0.05) is 39.5 Å². The van der Waals surface area contributed by atoms with Crippen LogP contribution in [0.1, 0.15) is 48.7 Å². The van der Waals surface area contributed by atoms with E-state index in [1.165, 1.54) is 0 Å². The first kappa shape index (κ1) is 35.3. The number of nitrogens with zero attached hydrogens (tertiary/aromatic N) is 5. The Morgan fingerprint density at radius 3 is 1.96 bits per heavy atom. The lowest BCUT2D eigenvalue weighted by molar-refractivity contribution is 0.264. The van der Waals surface area contributed by atoms with Gasteiger partial charge in [0.1, 0.15) is 41.4 Å². The lowest BCUT2D eigenvalue weighted by Gasteiger charge is -2.33. The average Bonchev–Trinajstić information content (AvgIpc) is 3.72.